The quantitative estimate of drug-likeness (QED) is 0.861. The highest BCUT2D eigenvalue weighted by molar-refractivity contribution is 9.10. The predicted octanol–water partition coefficient (Wildman–Crippen LogP) is 2.19. The normalized spacial score (nSPS) is 19.3. The van der Waals surface area contributed by atoms with Crippen LogP contribution in [0.25, 0.3) is 0 Å². The first kappa shape index (κ1) is 16.3. The summed E-state index contributed by atoms with van der Waals surface area (Å²) in [6, 6.07) is 2.98. The van der Waals surface area contributed by atoms with Crippen LogP contribution in [0.2, 0.25) is 0 Å². The summed E-state index contributed by atoms with van der Waals surface area (Å²) >= 11 is 3.09. The van der Waals surface area contributed by atoms with E-state index in [0.29, 0.717) is 17.6 Å². The first-order chi connectivity index (χ1) is 9.88. The Morgan fingerprint density at radius 2 is 2.24 bits per heavy atom. The number of amides is 1. The van der Waals surface area contributed by atoms with Crippen molar-refractivity contribution < 1.29 is 22.7 Å². The number of carbonyl (C=O) groups excluding carboxylic acids is 1. The lowest BCUT2D eigenvalue weighted by Gasteiger charge is -2.23. The van der Waals surface area contributed by atoms with Crippen molar-refractivity contribution in [3.05, 3.63) is 33.8 Å². The number of alkyl halides is 3. The van der Waals surface area contributed by atoms with E-state index in [1.807, 2.05) is 0 Å². The second kappa shape index (κ2) is 6.76. The van der Waals surface area contributed by atoms with Crippen molar-refractivity contribution in [1.29, 1.82) is 0 Å². The number of carbonyl (C=O) groups is 1. The average Bonchev–Trinajstić information content (AvgIpc) is 2.45. The van der Waals surface area contributed by atoms with E-state index in [1.54, 1.807) is 0 Å². The van der Waals surface area contributed by atoms with Crippen LogP contribution in [0.15, 0.2) is 22.7 Å². The highest BCUT2D eigenvalue weighted by Gasteiger charge is 2.31. The summed E-state index contributed by atoms with van der Waals surface area (Å²) in [7, 11) is 0. The molecule has 1 aliphatic heterocycles. The summed E-state index contributed by atoms with van der Waals surface area (Å²) in [4.78, 5) is 12.0. The molecule has 1 aromatic rings. The number of hydrogen-bond acceptors (Lipinski definition) is 3. The number of nitrogens with one attached hydrogen (secondary N) is 2. The Morgan fingerprint density at radius 1 is 1.48 bits per heavy atom. The smallest absolute Gasteiger partial charge is 0.374 e. The maximum atomic E-state index is 12.7. The molecule has 1 aliphatic rings. The number of halogens is 4. The van der Waals surface area contributed by atoms with Crippen molar-refractivity contribution in [3.8, 4) is 0 Å². The molecular formula is C13H14BrF3N2O2. The van der Waals surface area contributed by atoms with E-state index < -0.39 is 17.6 Å². The average molecular weight is 367 g/mol. The fraction of sp³-hybridized carbons (Fsp3) is 0.462. The van der Waals surface area contributed by atoms with Crippen LogP contribution in [-0.4, -0.2) is 38.3 Å². The highest BCUT2D eigenvalue weighted by Crippen LogP contribution is 2.31. The number of ether oxygens (including phenoxy) is 1. The second-order valence-corrected chi connectivity index (χ2v) is 5.45. The lowest BCUT2D eigenvalue weighted by molar-refractivity contribution is -0.137. The van der Waals surface area contributed by atoms with Gasteiger partial charge in [0.05, 0.1) is 23.8 Å². The van der Waals surface area contributed by atoms with E-state index in [9.17, 15) is 18.0 Å². The van der Waals surface area contributed by atoms with Crippen LogP contribution in [-0.2, 0) is 10.9 Å². The Kier molecular flexibility index (Phi) is 5.23. The third-order valence-electron chi connectivity index (χ3n) is 3.03. The van der Waals surface area contributed by atoms with Crippen LogP contribution >= 0.6 is 15.9 Å². The minimum atomic E-state index is -4.48. The Hall–Kier alpha value is -1.12. The number of rotatable bonds is 3. The van der Waals surface area contributed by atoms with Gasteiger partial charge in [-0.3, -0.25) is 4.79 Å². The van der Waals surface area contributed by atoms with Crippen molar-refractivity contribution in [3.63, 3.8) is 0 Å². The summed E-state index contributed by atoms with van der Waals surface area (Å²) in [5.74, 6) is -0.567. The van der Waals surface area contributed by atoms with Crippen LogP contribution < -0.4 is 10.6 Å². The molecule has 8 heteroatoms. The maximum Gasteiger partial charge on any atom is 0.416 e. The molecule has 0 radical (unpaired) electrons. The Balaban J connectivity index is 2.04. The molecule has 1 saturated heterocycles. The van der Waals surface area contributed by atoms with Crippen molar-refractivity contribution in [2.75, 3.05) is 26.2 Å². The molecule has 0 spiro atoms. The van der Waals surface area contributed by atoms with E-state index in [2.05, 4.69) is 26.6 Å². The van der Waals surface area contributed by atoms with E-state index in [1.165, 1.54) is 6.07 Å². The molecule has 2 N–H and O–H groups in total. The van der Waals surface area contributed by atoms with Gasteiger partial charge in [0, 0.05) is 24.1 Å². The predicted molar refractivity (Wildman–Crippen MR) is 74.1 cm³/mol. The third kappa shape index (κ3) is 4.42. The van der Waals surface area contributed by atoms with Crippen LogP contribution in [0.4, 0.5) is 13.2 Å². The number of hydrogen-bond donors (Lipinski definition) is 2. The largest absolute Gasteiger partial charge is 0.416 e. The fourth-order valence-corrected chi connectivity index (χ4v) is 2.35. The molecule has 116 valence electrons. The van der Waals surface area contributed by atoms with E-state index in [0.717, 1.165) is 18.7 Å². The van der Waals surface area contributed by atoms with Gasteiger partial charge in [0.2, 0.25) is 0 Å². The molecule has 1 fully saturated rings. The first-order valence-corrected chi connectivity index (χ1v) is 7.14. The Morgan fingerprint density at radius 3 is 2.86 bits per heavy atom. The SMILES string of the molecule is O=C(NCC1CNCCO1)c1cc(C(F)(F)F)ccc1Br. The summed E-state index contributed by atoms with van der Waals surface area (Å²) < 4.78 is 43.7. The molecule has 0 aromatic heterocycles. The van der Waals surface area contributed by atoms with Gasteiger partial charge >= 0.3 is 6.18 Å². The summed E-state index contributed by atoms with van der Waals surface area (Å²) in [6.07, 6.45) is -4.65. The second-order valence-electron chi connectivity index (χ2n) is 4.60. The van der Waals surface area contributed by atoms with Crippen LogP contribution in [0.1, 0.15) is 15.9 Å². The fourth-order valence-electron chi connectivity index (χ4n) is 1.93. The van der Waals surface area contributed by atoms with Crippen LogP contribution in [0.3, 0.4) is 0 Å². The van der Waals surface area contributed by atoms with Gasteiger partial charge in [-0.1, -0.05) is 0 Å². The van der Waals surface area contributed by atoms with Crippen molar-refractivity contribution >= 4 is 21.8 Å². The van der Waals surface area contributed by atoms with Gasteiger partial charge in [-0.05, 0) is 34.1 Å². The van der Waals surface area contributed by atoms with Crippen LogP contribution in [0, 0.1) is 0 Å². The molecule has 1 unspecified atom stereocenters. The minimum absolute atomic E-state index is 0.0476. The Labute approximate surface area is 128 Å². The lowest BCUT2D eigenvalue weighted by atomic mass is 10.1. The summed E-state index contributed by atoms with van der Waals surface area (Å²) in [6.45, 7) is 2.15. The van der Waals surface area contributed by atoms with Gasteiger partial charge in [-0.15, -0.1) is 0 Å². The van der Waals surface area contributed by atoms with Crippen molar-refractivity contribution in [2.24, 2.45) is 0 Å². The van der Waals surface area contributed by atoms with Crippen molar-refractivity contribution in [1.82, 2.24) is 10.6 Å². The van der Waals surface area contributed by atoms with Gasteiger partial charge in [0.1, 0.15) is 0 Å². The molecule has 1 amide bonds. The molecule has 1 heterocycles. The first-order valence-electron chi connectivity index (χ1n) is 6.35. The molecule has 0 bridgehead atoms. The lowest BCUT2D eigenvalue weighted by Crippen LogP contribution is -2.45. The zero-order chi connectivity index (χ0) is 15.5. The molecule has 1 atom stereocenters. The van der Waals surface area contributed by atoms with Crippen LogP contribution in [0.5, 0.6) is 0 Å². The molecule has 1 aromatic carbocycles. The molecule has 0 aliphatic carbocycles. The molecule has 21 heavy (non-hydrogen) atoms. The van der Waals surface area contributed by atoms with Crippen molar-refractivity contribution in [2.45, 2.75) is 12.3 Å². The molecule has 2 rings (SSSR count). The van der Waals surface area contributed by atoms with Gasteiger partial charge in [-0.25, -0.2) is 0 Å². The summed E-state index contributed by atoms with van der Waals surface area (Å²) in [5, 5.41) is 5.69. The zero-order valence-electron chi connectivity index (χ0n) is 11.0. The highest BCUT2D eigenvalue weighted by atomic mass is 79.9. The molecular weight excluding hydrogens is 353 g/mol. The minimum Gasteiger partial charge on any atom is -0.374 e. The van der Waals surface area contributed by atoms with Gasteiger partial charge in [-0.2, -0.15) is 13.2 Å². The maximum absolute atomic E-state index is 12.7. The van der Waals surface area contributed by atoms with E-state index >= 15 is 0 Å². The van der Waals surface area contributed by atoms with Gasteiger partial charge in [0.25, 0.3) is 5.91 Å². The molecule has 0 saturated carbocycles. The monoisotopic (exact) mass is 366 g/mol. The summed E-state index contributed by atoms with van der Waals surface area (Å²) in [5.41, 5.74) is -0.903. The van der Waals surface area contributed by atoms with E-state index in [4.69, 9.17) is 4.74 Å². The van der Waals surface area contributed by atoms with E-state index in [-0.39, 0.29) is 18.2 Å². The molecule has 4 nitrogen and oxygen atoms in total. The number of benzene rings is 1. The third-order valence-corrected chi connectivity index (χ3v) is 3.72. The zero-order valence-corrected chi connectivity index (χ0v) is 12.6. The topological polar surface area (TPSA) is 50.4 Å². The standard InChI is InChI=1S/C13H14BrF3N2O2/c14-11-2-1-8(13(15,16)17)5-10(11)12(20)19-7-9-6-18-3-4-21-9/h1-2,5,9,18H,3-4,6-7H2,(H,19,20). The number of morpholine rings is 1. The van der Waals surface area contributed by atoms with Gasteiger partial charge < -0.3 is 15.4 Å². The Bertz CT molecular complexity index is 517. The van der Waals surface area contributed by atoms with Gasteiger partial charge in [0.15, 0.2) is 0 Å².